The summed E-state index contributed by atoms with van der Waals surface area (Å²) in [5, 5.41) is 4.75. The lowest BCUT2D eigenvalue weighted by atomic mass is 10.1. The van der Waals surface area contributed by atoms with Gasteiger partial charge in [0.2, 0.25) is 0 Å². The van der Waals surface area contributed by atoms with Crippen LogP contribution < -0.4 is 5.43 Å². The molecule has 1 N–H and O–H groups in total. The molecule has 5 nitrogen and oxygen atoms in total. The Labute approximate surface area is 145 Å². The van der Waals surface area contributed by atoms with Crippen LogP contribution in [0.25, 0.3) is 11.0 Å². The first-order valence-electron chi connectivity index (χ1n) is 7.56. The topological polar surface area (TPSA) is 59.3 Å². The molecule has 0 atom stereocenters. The van der Waals surface area contributed by atoms with Crippen molar-refractivity contribution in [2.75, 3.05) is 0 Å². The zero-order valence-corrected chi connectivity index (χ0v) is 14.2. The SMILES string of the molecule is C/C(=N\NC(=O)Cn1c(C)nc2ccccc21)c1ccccc1Cl. The maximum absolute atomic E-state index is 12.2. The summed E-state index contributed by atoms with van der Waals surface area (Å²) in [6.07, 6.45) is 0. The summed E-state index contributed by atoms with van der Waals surface area (Å²) in [4.78, 5) is 16.7. The summed E-state index contributed by atoms with van der Waals surface area (Å²) in [5.41, 5.74) is 5.83. The normalized spacial score (nSPS) is 11.7. The van der Waals surface area contributed by atoms with Crippen molar-refractivity contribution < 1.29 is 4.79 Å². The molecule has 0 saturated heterocycles. The maximum Gasteiger partial charge on any atom is 0.260 e. The minimum Gasteiger partial charge on any atom is -0.319 e. The van der Waals surface area contributed by atoms with Gasteiger partial charge in [-0.05, 0) is 32.0 Å². The first-order valence-corrected chi connectivity index (χ1v) is 7.94. The molecule has 0 radical (unpaired) electrons. The molecule has 1 heterocycles. The molecule has 1 amide bonds. The van der Waals surface area contributed by atoms with Crippen molar-refractivity contribution in [2.24, 2.45) is 5.10 Å². The Bertz CT molecular complexity index is 930. The van der Waals surface area contributed by atoms with Gasteiger partial charge in [0.15, 0.2) is 0 Å². The van der Waals surface area contributed by atoms with E-state index in [0.29, 0.717) is 10.7 Å². The van der Waals surface area contributed by atoms with E-state index in [2.05, 4.69) is 15.5 Å². The molecule has 24 heavy (non-hydrogen) atoms. The van der Waals surface area contributed by atoms with E-state index >= 15 is 0 Å². The standard InChI is InChI=1S/C18H17ClN4O/c1-12(14-7-3-4-8-15(14)19)21-22-18(24)11-23-13(2)20-16-9-5-6-10-17(16)23/h3-10H,11H2,1-2H3,(H,22,24)/b21-12+. The highest BCUT2D eigenvalue weighted by Crippen LogP contribution is 2.16. The predicted molar refractivity (Wildman–Crippen MR) is 96.3 cm³/mol. The largest absolute Gasteiger partial charge is 0.319 e. The summed E-state index contributed by atoms with van der Waals surface area (Å²) in [5.74, 6) is 0.575. The molecular weight excluding hydrogens is 324 g/mol. The molecule has 0 fully saturated rings. The average molecular weight is 341 g/mol. The van der Waals surface area contributed by atoms with Crippen molar-refractivity contribution in [3.63, 3.8) is 0 Å². The van der Waals surface area contributed by atoms with E-state index < -0.39 is 0 Å². The lowest BCUT2D eigenvalue weighted by molar-refractivity contribution is -0.121. The van der Waals surface area contributed by atoms with E-state index in [-0.39, 0.29) is 12.5 Å². The molecule has 2 aromatic carbocycles. The number of para-hydroxylation sites is 2. The Hall–Kier alpha value is -2.66. The number of hydrogen-bond donors (Lipinski definition) is 1. The number of nitrogens with zero attached hydrogens (tertiary/aromatic N) is 3. The van der Waals surface area contributed by atoms with Gasteiger partial charge in [-0.2, -0.15) is 5.10 Å². The van der Waals surface area contributed by atoms with Crippen LogP contribution in [-0.2, 0) is 11.3 Å². The van der Waals surface area contributed by atoms with Gasteiger partial charge in [-0.3, -0.25) is 4.79 Å². The van der Waals surface area contributed by atoms with Crippen molar-refractivity contribution in [2.45, 2.75) is 20.4 Å². The number of amides is 1. The average Bonchev–Trinajstić information content (AvgIpc) is 2.89. The number of hydrazone groups is 1. The van der Waals surface area contributed by atoms with Crippen molar-refractivity contribution in [1.82, 2.24) is 15.0 Å². The first kappa shape index (κ1) is 16.2. The smallest absolute Gasteiger partial charge is 0.260 e. The number of aromatic nitrogens is 2. The highest BCUT2D eigenvalue weighted by atomic mass is 35.5. The fourth-order valence-electron chi connectivity index (χ4n) is 2.54. The monoisotopic (exact) mass is 340 g/mol. The summed E-state index contributed by atoms with van der Waals surface area (Å²) in [6.45, 7) is 3.84. The van der Waals surface area contributed by atoms with E-state index in [1.165, 1.54) is 0 Å². The second kappa shape index (κ2) is 6.84. The van der Waals surface area contributed by atoms with E-state index in [1.54, 1.807) is 13.0 Å². The number of carbonyl (C=O) groups is 1. The molecule has 0 aliphatic carbocycles. The molecule has 0 bridgehead atoms. The Morgan fingerprint density at radius 3 is 2.71 bits per heavy atom. The number of halogens is 1. The third-order valence-electron chi connectivity index (χ3n) is 3.76. The second-order valence-electron chi connectivity index (χ2n) is 5.45. The summed E-state index contributed by atoms with van der Waals surface area (Å²) in [6, 6.07) is 15.1. The zero-order valence-electron chi connectivity index (χ0n) is 13.5. The molecule has 0 unspecified atom stereocenters. The lowest BCUT2D eigenvalue weighted by Gasteiger charge is -2.07. The molecule has 1 aromatic heterocycles. The van der Waals surface area contributed by atoms with Gasteiger partial charge in [0.1, 0.15) is 12.4 Å². The van der Waals surface area contributed by atoms with Crippen LogP contribution in [0.1, 0.15) is 18.3 Å². The summed E-state index contributed by atoms with van der Waals surface area (Å²) < 4.78 is 1.87. The van der Waals surface area contributed by atoms with Crippen molar-refractivity contribution in [3.05, 3.63) is 64.9 Å². The number of hydrogen-bond acceptors (Lipinski definition) is 3. The van der Waals surface area contributed by atoms with Crippen molar-refractivity contribution in [3.8, 4) is 0 Å². The quantitative estimate of drug-likeness (QED) is 0.583. The molecule has 0 spiro atoms. The third-order valence-corrected chi connectivity index (χ3v) is 4.09. The first-order chi connectivity index (χ1) is 11.6. The van der Waals surface area contributed by atoms with Gasteiger partial charge in [0, 0.05) is 10.6 Å². The number of carbonyl (C=O) groups excluding carboxylic acids is 1. The van der Waals surface area contributed by atoms with Gasteiger partial charge >= 0.3 is 0 Å². The van der Waals surface area contributed by atoms with Gasteiger partial charge in [-0.25, -0.2) is 10.4 Å². The van der Waals surface area contributed by atoms with Crippen LogP contribution in [0.2, 0.25) is 5.02 Å². The number of aryl methyl sites for hydroxylation is 1. The number of rotatable bonds is 4. The van der Waals surface area contributed by atoms with Crippen LogP contribution in [0.3, 0.4) is 0 Å². The fourth-order valence-corrected chi connectivity index (χ4v) is 2.81. The highest BCUT2D eigenvalue weighted by molar-refractivity contribution is 6.34. The van der Waals surface area contributed by atoms with E-state index in [4.69, 9.17) is 11.6 Å². The van der Waals surface area contributed by atoms with Crippen LogP contribution in [0.4, 0.5) is 0 Å². The molecule has 6 heteroatoms. The predicted octanol–water partition coefficient (Wildman–Crippen LogP) is 3.54. The Morgan fingerprint density at radius 1 is 1.21 bits per heavy atom. The minimum absolute atomic E-state index is 0.158. The number of fused-ring (bicyclic) bond motifs is 1. The van der Waals surface area contributed by atoms with Crippen LogP contribution in [-0.4, -0.2) is 21.2 Å². The van der Waals surface area contributed by atoms with E-state index in [1.807, 2.05) is 54.0 Å². The summed E-state index contributed by atoms with van der Waals surface area (Å²) in [7, 11) is 0. The molecule has 3 aromatic rings. The number of nitrogens with one attached hydrogen (secondary N) is 1. The van der Waals surface area contributed by atoms with Gasteiger partial charge in [-0.1, -0.05) is 41.9 Å². The van der Waals surface area contributed by atoms with Crippen molar-refractivity contribution >= 4 is 34.3 Å². The molecule has 0 saturated carbocycles. The van der Waals surface area contributed by atoms with E-state index in [0.717, 1.165) is 22.4 Å². The van der Waals surface area contributed by atoms with Gasteiger partial charge in [0.05, 0.1) is 16.7 Å². The third kappa shape index (κ3) is 3.31. The minimum atomic E-state index is -0.215. The highest BCUT2D eigenvalue weighted by Gasteiger charge is 2.10. The van der Waals surface area contributed by atoms with Gasteiger partial charge < -0.3 is 4.57 Å². The van der Waals surface area contributed by atoms with Crippen LogP contribution in [0.5, 0.6) is 0 Å². The second-order valence-corrected chi connectivity index (χ2v) is 5.85. The Morgan fingerprint density at radius 2 is 1.92 bits per heavy atom. The van der Waals surface area contributed by atoms with E-state index in [9.17, 15) is 4.79 Å². The summed E-state index contributed by atoms with van der Waals surface area (Å²) >= 11 is 6.13. The Balaban J connectivity index is 1.75. The van der Waals surface area contributed by atoms with Crippen LogP contribution >= 0.6 is 11.6 Å². The molecule has 0 aliphatic heterocycles. The Kier molecular flexibility index (Phi) is 4.62. The maximum atomic E-state index is 12.2. The molecule has 3 rings (SSSR count). The van der Waals surface area contributed by atoms with Crippen LogP contribution in [0.15, 0.2) is 53.6 Å². The fraction of sp³-hybridized carbons (Fsp3) is 0.167. The molecule has 0 aliphatic rings. The molecule has 122 valence electrons. The van der Waals surface area contributed by atoms with Gasteiger partial charge in [-0.15, -0.1) is 0 Å². The number of imidazole rings is 1. The van der Waals surface area contributed by atoms with Gasteiger partial charge in [0.25, 0.3) is 5.91 Å². The molecular formula is C18H17ClN4O. The van der Waals surface area contributed by atoms with Crippen molar-refractivity contribution in [1.29, 1.82) is 0 Å². The lowest BCUT2D eigenvalue weighted by Crippen LogP contribution is -2.24. The number of benzene rings is 2. The zero-order chi connectivity index (χ0) is 17.1. The van der Waals surface area contributed by atoms with Crippen LogP contribution in [0, 0.1) is 6.92 Å².